The summed E-state index contributed by atoms with van der Waals surface area (Å²) in [6.45, 7) is 3.48. The summed E-state index contributed by atoms with van der Waals surface area (Å²) in [5.41, 5.74) is 2.85. The molecule has 1 aliphatic rings. The molecule has 3 rings (SSSR count). The molecule has 2 heterocycles. The maximum atomic E-state index is 12.6. The van der Waals surface area contributed by atoms with Crippen molar-refractivity contribution in [2.24, 2.45) is 0 Å². The second-order valence-electron chi connectivity index (χ2n) is 5.89. The first-order valence-electron chi connectivity index (χ1n) is 8.01. The molecule has 0 N–H and O–H groups in total. The summed E-state index contributed by atoms with van der Waals surface area (Å²) < 4.78 is 6.57. The Morgan fingerprint density at radius 2 is 2.00 bits per heavy atom. The van der Waals surface area contributed by atoms with Gasteiger partial charge in [-0.1, -0.05) is 12.1 Å². The summed E-state index contributed by atoms with van der Waals surface area (Å²) in [6, 6.07) is 10.7. The molecule has 2 aromatic rings. The van der Waals surface area contributed by atoms with E-state index in [2.05, 4.69) is 4.74 Å². The highest BCUT2D eigenvalue weighted by atomic mass is 32.2. The molecule has 1 aromatic heterocycles. The first kappa shape index (κ1) is 18.0. The van der Waals surface area contributed by atoms with Gasteiger partial charge in [0.25, 0.3) is 11.1 Å². The van der Waals surface area contributed by atoms with Crippen LogP contribution in [0.5, 0.6) is 0 Å². The summed E-state index contributed by atoms with van der Waals surface area (Å²) in [5.74, 6) is -1.12. The number of nitrogens with zero attached hydrogens (tertiary/aromatic N) is 2. The maximum absolute atomic E-state index is 12.6. The molecule has 0 aliphatic carbocycles. The van der Waals surface area contributed by atoms with E-state index in [1.807, 2.05) is 54.1 Å². The SMILES string of the molecule is COC(=O)C(C)N1C(=O)S/C(=C/c2cccn2-c2cccc(C)c2)C1=O. The number of rotatable bonds is 4. The van der Waals surface area contributed by atoms with Crippen LogP contribution in [0.1, 0.15) is 18.2 Å². The Labute approximate surface area is 155 Å². The van der Waals surface area contributed by atoms with E-state index in [4.69, 9.17) is 0 Å². The van der Waals surface area contributed by atoms with Crippen LogP contribution in [0.3, 0.4) is 0 Å². The van der Waals surface area contributed by atoms with E-state index in [1.54, 1.807) is 6.08 Å². The topological polar surface area (TPSA) is 68.6 Å². The highest BCUT2D eigenvalue weighted by Crippen LogP contribution is 2.34. The first-order valence-corrected chi connectivity index (χ1v) is 8.83. The number of esters is 1. The summed E-state index contributed by atoms with van der Waals surface area (Å²) in [4.78, 5) is 37.7. The number of aryl methyl sites for hydroxylation is 1. The zero-order valence-corrected chi connectivity index (χ0v) is 15.4. The Morgan fingerprint density at radius 3 is 2.69 bits per heavy atom. The molecule has 1 saturated heterocycles. The number of hydrogen-bond donors (Lipinski definition) is 0. The van der Waals surface area contributed by atoms with Gasteiger partial charge in [-0.25, -0.2) is 4.79 Å². The molecule has 0 saturated carbocycles. The molecule has 1 unspecified atom stereocenters. The largest absolute Gasteiger partial charge is 0.467 e. The molecule has 26 heavy (non-hydrogen) atoms. The van der Waals surface area contributed by atoms with Crippen LogP contribution < -0.4 is 0 Å². The number of hydrogen-bond acceptors (Lipinski definition) is 5. The van der Waals surface area contributed by atoms with Gasteiger partial charge in [-0.2, -0.15) is 0 Å². The summed E-state index contributed by atoms with van der Waals surface area (Å²) in [7, 11) is 1.22. The minimum absolute atomic E-state index is 0.276. The average molecular weight is 370 g/mol. The number of thioether (sulfide) groups is 1. The molecule has 0 spiro atoms. The van der Waals surface area contributed by atoms with Crippen LogP contribution in [0.4, 0.5) is 4.79 Å². The van der Waals surface area contributed by atoms with Gasteiger partial charge in [0, 0.05) is 17.6 Å². The van der Waals surface area contributed by atoms with E-state index >= 15 is 0 Å². The minimum atomic E-state index is -0.957. The number of carbonyl (C=O) groups excluding carboxylic acids is 3. The van der Waals surface area contributed by atoms with Crippen molar-refractivity contribution in [1.82, 2.24) is 9.47 Å². The van der Waals surface area contributed by atoms with Gasteiger partial charge in [-0.15, -0.1) is 0 Å². The molecule has 0 radical (unpaired) electrons. The molecule has 1 atom stereocenters. The zero-order valence-electron chi connectivity index (χ0n) is 14.6. The lowest BCUT2D eigenvalue weighted by Crippen LogP contribution is -2.42. The lowest BCUT2D eigenvalue weighted by atomic mass is 10.2. The number of aromatic nitrogens is 1. The van der Waals surface area contributed by atoms with Gasteiger partial charge in [-0.05, 0) is 61.5 Å². The second kappa shape index (κ2) is 7.21. The molecule has 2 amide bonds. The van der Waals surface area contributed by atoms with Crippen LogP contribution in [0.15, 0.2) is 47.5 Å². The van der Waals surface area contributed by atoms with Crippen molar-refractivity contribution in [1.29, 1.82) is 0 Å². The van der Waals surface area contributed by atoms with Crippen molar-refractivity contribution in [2.75, 3.05) is 7.11 Å². The second-order valence-corrected chi connectivity index (χ2v) is 6.89. The number of carbonyl (C=O) groups is 3. The smallest absolute Gasteiger partial charge is 0.328 e. The maximum Gasteiger partial charge on any atom is 0.328 e. The predicted molar refractivity (Wildman–Crippen MR) is 99.8 cm³/mol. The number of methoxy groups -OCH3 is 1. The first-order chi connectivity index (χ1) is 12.4. The van der Waals surface area contributed by atoms with Crippen LogP contribution in [0.25, 0.3) is 11.8 Å². The molecular weight excluding hydrogens is 352 g/mol. The van der Waals surface area contributed by atoms with E-state index in [9.17, 15) is 14.4 Å². The summed E-state index contributed by atoms with van der Waals surface area (Å²) >= 11 is 0.821. The highest BCUT2D eigenvalue weighted by Gasteiger charge is 2.41. The average Bonchev–Trinajstić information content (AvgIpc) is 3.18. The van der Waals surface area contributed by atoms with Crippen LogP contribution in [-0.2, 0) is 14.3 Å². The molecule has 134 valence electrons. The quantitative estimate of drug-likeness (QED) is 0.610. The Hall–Kier alpha value is -2.80. The van der Waals surface area contributed by atoms with Gasteiger partial charge in [0.05, 0.1) is 12.0 Å². The van der Waals surface area contributed by atoms with Crippen molar-refractivity contribution in [3.63, 3.8) is 0 Å². The fourth-order valence-electron chi connectivity index (χ4n) is 2.75. The fraction of sp³-hybridized carbons (Fsp3) is 0.211. The third-order valence-corrected chi connectivity index (χ3v) is 4.98. The highest BCUT2D eigenvalue weighted by molar-refractivity contribution is 8.18. The number of benzene rings is 1. The Balaban J connectivity index is 1.93. The lowest BCUT2D eigenvalue weighted by molar-refractivity contribution is -0.148. The van der Waals surface area contributed by atoms with Gasteiger partial charge in [0.2, 0.25) is 0 Å². The predicted octanol–water partition coefficient (Wildman–Crippen LogP) is 3.38. The third kappa shape index (κ3) is 3.30. The zero-order chi connectivity index (χ0) is 18.8. The molecule has 1 aliphatic heterocycles. The van der Waals surface area contributed by atoms with Gasteiger partial charge < -0.3 is 9.30 Å². The van der Waals surface area contributed by atoms with Crippen molar-refractivity contribution in [2.45, 2.75) is 19.9 Å². The summed E-state index contributed by atoms with van der Waals surface area (Å²) in [5, 5.41) is -0.479. The van der Waals surface area contributed by atoms with E-state index < -0.39 is 23.2 Å². The lowest BCUT2D eigenvalue weighted by Gasteiger charge is -2.18. The van der Waals surface area contributed by atoms with Crippen molar-refractivity contribution < 1.29 is 19.1 Å². The van der Waals surface area contributed by atoms with E-state index in [1.165, 1.54) is 14.0 Å². The number of imide groups is 1. The molecule has 1 aromatic carbocycles. The van der Waals surface area contributed by atoms with Gasteiger partial charge in [0.1, 0.15) is 6.04 Å². The minimum Gasteiger partial charge on any atom is -0.467 e. The number of ether oxygens (including phenoxy) is 1. The molecule has 7 heteroatoms. The van der Waals surface area contributed by atoms with E-state index in [0.29, 0.717) is 0 Å². The van der Waals surface area contributed by atoms with Crippen molar-refractivity contribution in [3.8, 4) is 5.69 Å². The standard InChI is InChI=1S/C19H18N2O4S/c1-12-6-4-7-14(10-12)20-9-5-8-15(20)11-16-17(22)21(19(24)26-16)13(2)18(23)25-3/h4-11,13H,1-3H3/b16-11+. The Morgan fingerprint density at radius 1 is 1.23 bits per heavy atom. The molecular formula is C19H18N2O4S. The number of amides is 2. The molecule has 0 bridgehead atoms. The van der Waals surface area contributed by atoms with Gasteiger partial charge in [0.15, 0.2) is 0 Å². The molecule has 1 fully saturated rings. The normalized spacial score (nSPS) is 17.0. The van der Waals surface area contributed by atoms with Crippen LogP contribution in [-0.4, -0.2) is 39.7 Å². The summed E-state index contributed by atoms with van der Waals surface area (Å²) in [6.07, 6.45) is 3.55. The Bertz CT molecular complexity index is 916. The van der Waals surface area contributed by atoms with Crippen LogP contribution in [0.2, 0.25) is 0 Å². The van der Waals surface area contributed by atoms with Crippen LogP contribution in [0, 0.1) is 6.92 Å². The molecule has 6 nitrogen and oxygen atoms in total. The van der Waals surface area contributed by atoms with E-state index in [0.717, 1.165) is 33.6 Å². The third-order valence-electron chi connectivity index (χ3n) is 4.09. The van der Waals surface area contributed by atoms with Gasteiger partial charge >= 0.3 is 5.97 Å². The van der Waals surface area contributed by atoms with Crippen LogP contribution >= 0.6 is 11.8 Å². The van der Waals surface area contributed by atoms with Crippen molar-refractivity contribution in [3.05, 3.63) is 58.8 Å². The Kier molecular flexibility index (Phi) is 4.99. The van der Waals surface area contributed by atoms with E-state index in [-0.39, 0.29) is 4.91 Å². The monoisotopic (exact) mass is 370 g/mol. The van der Waals surface area contributed by atoms with Gasteiger partial charge in [-0.3, -0.25) is 14.5 Å². The fourth-order valence-corrected chi connectivity index (χ4v) is 3.64. The van der Waals surface area contributed by atoms with Crippen molar-refractivity contribution >= 4 is 35.0 Å².